The summed E-state index contributed by atoms with van der Waals surface area (Å²) < 4.78 is 0. The molecule has 3 N–H and O–H groups in total. The SMILES string of the molecule is C=C(C)N[C@H]1C(C)[C@H](C)C(CO)C[C@H]1O. The van der Waals surface area contributed by atoms with Crippen LogP contribution in [-0.2, 0) is 0 Å². The maximum absolute atomic E-state index is 9.99. The minimum atomic E-state index is -0.384. The van der Waals surface area contributed by atoms with Gasteiger partial charge in [0, 0.05) is 12.3 Å². The molecule has 2 unspecified atom stereocenters. The molecule has 0 radical (unpaired) electrons. The molecule has 1 rings (SSSR count). The normalized spacial score (nSPS) is 41.3. The highest BCUT2D eigenvalue weighted by Crippen LogP contribution is 2.34. The number of rotatable bonds is 3. The van der Waals surface area contributed by atoms with Crippen molar-refractivity contribution in [2.24, 2.45) is 17.8 Å². The van der Waals surface area contributed by atoms with Gasteiger partial charge < -0.3 is 15.5 Å². The third-order valence-electron chi connectivity index (χ3n) is 3.75. The minimum Gasteiger partial charge on any atom is -0.396 e. The van der Waals surface area contributed by atoms with E-state index in [1.807, 2.05) is 6.92 Å². The zero-order valence-corrected chi connectivity index (χ0v) is 9.90. The average Bonchev–Trinajstić information content (AvgIpc) is 2.18. The van der Waals surface area contributed by atoms with Gasteiger partial charge >= 0.3 is 0 Å². The van der Waals surface area contributed by atoms with Crippen LogP contribution >= 0.6 is 0 Å². The van der Waals surface area contributed by atoms with Gasteiger partial charge in [0.05, 0.1) is 12.1 Å². The van der Waals surface area contributed by atoms with E-state index < -0.39 is 0 Å². The summed E-state index contributed by atoms with van der Waals surface area (Å²) in [4.78, 5) is 0. The second kappa shape index (κ2) is 4.99. The molecule has 0 aromatic rings. The Labute approximate surface area is 92.2 Å². The van der Waals surface area contributed by atoms with E-state index in [4.69, 9.17) is 0 Å². The molecule has 1 aliphatic carbocycles. The first-order chi connectivity index (χ1) is 6.97. The minimum absolute atomic E-state index is 0.0697. The predicted molar refractivity (Wildman–Crippen MR) is 61.3 cm³/mol. The summed E-state index contributed by atoms with van der Waals surface area (Å²) >= 11 is 0. The first-order valence-corrected chi connectivity index (χ1v) is 5.68. The Balaban J connectivity index is 2.70. The lowest BCUT2D eigenvalue weighted by Crippen LogP contribution is -2.52. The predicted octanol–water partition coefficient (Wildman–Crippen LogP) is 1.12. The van der Waals surface area contributed by atoms with Gasteiger partial charge in [-0.15, -0.1) is 0 Å². The molecule has 1 saturated carbocycles. The van der Waals surface area contributed by atoms with Gasteiger partial charge in [0.15, 0.2) is 0 Å². The van der Waals surface area contributed by atoms with Crippen LogP contribution < -0.4 is 5.32 Å². The van der Waals surface area contributed by atoms with Gasteiger partial charge in [0.1, 0.15) is 0 Å². The average molecular weight is 213 g/mol. The summed E-state index contributed by atoms with van der Waals surface area (Å²) in [6, 6.07) is 0.0697. The first-order valence-electron chi connectivity index (χ1n) is 5.68. The van der Waals surface area contributed by atoms with E-state index in [0.29, 0.717) is 18.3 Å². The molecule has 1 aliphatic rings. The summed E-state index contributed by atoms with van der Waals surface area (Å²) in [5.74, 6) is 0.996. The van der Waals surface area contributed by atoms with Crippen LogP contribution in [0, 0.1) is 17.8 Å². The maximum atomic E-state index is 9.99. The fourth-order valence-electron chi connectivity index (χ4n) is 2.53. The van der Waals surface area contributed by atoms with Crippen molar-refractivity contribution in [2.75, 3.05) is 6.61 Å². The van der Waals surface area contributed by atoms with Gasteiger partial charge in [-0.25, -0.2) is 0 Å². The van der Waals surface area contributed by atoms with Gasteiger partial charge in [-0.1, -0.05) is 20.4 Å². The number of hydrogen-bond acceptors (Lipinski definition) is 3. The van der Waals surface area contributed by atoms with E-state index in [-0.39, 0.29) is 24.7 Å². The van der Waals surface area contributed by atoms with Gasteiger partial charge in [0.2, 0.25) is 0 Å². The molecule has 0 saturated heterocycles. The highest BCUT2D eigenvalue weighted by Gasteiger charge is 2.39. The van der Waals surface area contributed by atoms with Crippen molar-refractivity contribution in [3.63, 3.8) is 0 Å². The highest BCUT2D eigenvalue weighted by atomic mass is 16.3. The third-order valence-corrected chi connectivity index (χ3v) is 3.75. The monoisotopic (exact) mass is 213 g/mol. The summed E-state index contributed by atoms with van der Waals surface area (Å²) in [5, 5.41) is 22.4. The molecular formula is C12H23NO2. The van der Waals surface area contributed by atoms with Crippen molar-refractivity contribution < 1.29 is 10.2 Å². The van der Waals surface area contributed by atoms with E-state index in [9.17, 15) is 10.2 Å². The van der Waals surface area contributed by atoms with Crippen molar-refractivity contribution in [3.05, 3.63) is 12.3 Å². The van der Waals surface area contributed by atoms with E-state index >= 15 is 0 Å². The molecule has 0 aromatic carbocycles. The quantitative estimate of drug-likeness (QED) is 0.658. The number of hydrogen-bond donors (Lipinski definition) is 3. The Kier molecular flexibility index (Phi) is 4.17. The fraction of sp³-hybridized carbons (Fsp3) is 0.833. The number of nitrogens with one attached hydrogen (secondary N) is 1. The number of aliphatic hydroxyl groups is 2. The van der Waals surface area contributed by atoms with Gasteiger partial charge in [-0.2, -0.15) is 0 Å². The molecule has 1 fully saturated rings. The van der Waals surface area contributed by atoms with Crippen molar-refractivity contribution in [2.45, 2.75) is 39.3 Å². The molecule has 0 aliphatic heterocycles. The van der Waals surface area contributed by atoms with Gasteiger partial charge in [-0.3, -0.25) is 0 Å². The Bertz CT molecular complexity index is 230. The second-order valence-electron chi connectivity index (χ2n) is 4.91. The van der Waals surface area contributed by atoms with Gasteiger partial charge in [0.25, 0.3) is 0 Å². The standard InChI is InChI=1S/C12H23NO2/c1-7(2)13-12-9(4)8(3)10(6-14)5-11(12)15/h8-15H,1,5-6H2,2-4H3/t8-,9?,10?,11+,12-/m0/s1. The van der Waals surface area contributed by atoms with Crippen LogP contribution in [0.3, 0.4) is 0 Å². The summed E-state index contributed by atoms with van der Waals surface area (Å²) in [6.45, 7) is 10.1. The molecule has 5 atom stereocenters. The third kappa shape index (κ3) is 2.73. The topological polar surface area (TPSA) is 52.5 Å². The lowest BCUT2D eigenvalue weighted by atomic mass is 9.70. The lowest BCUT2D eigenvalue weighted by molar-refractivity contribution is -0.0107. The Morgan fingerprint density at radius 1 is 1.40 bits per heavy atom. The van der Waals surface area contributed by atoms with E-state index in [1.54, 1.807) is 0 Å². The van der Waals surface area contributed by atoms with Crippen LogP contribution in [0.4, 0.5) is 0 Å². The Morgan fingerprint density at radius 2 is 2.00 bits per heavy atom. The molecule has 0 amide bonds. The molecule has 0 spiro atoms. The van der Waals surface area contributed by atoms with Crippen molar-refractivity contribution >= 4 is 0 Å². The number of allylic oxidation sites excluding steroid dienone is 1. The molecule has 0 heterocycles. The first kappa shape index (κ1) is 12.5. The van der Waals surface area contributed by atoms with Crippen LogP contribution in [0.1, 0.15) is 27.2 Å². The Morgan fingerprint density at radius 3 is 2.47 bits per heavy atom. The number of aliphatic hydroxyl groups excluding tert-OH is 2. The van der Waals surface area contributed by atoms with E-state index in [2.05, 4.69) is 25.7 Å². The van der Waals surface area contributed by atoms with Crippen molar-refractivity contribution in [1.82, 2.24) is 5.32 Å². The smallest absolute Gasteiger partial charge is 0.0747 e. The second-order valence-corrected chi connectivity index (χ2v) is 4.91. The largest absolute Gasteiger partial charge is 0.396 e. The molecule has 88 valence electrons. The summed E-state index contributed by atoms with van der Waals surface area (Å²) in [6.07, 6.45) is 0.289. The molecule has 0 aromatic heterocycles. The maximum Gasteiger partial charge on any atom is 0.0747 e. The van der Waals surface area contributed by atoms with Crippen LogP contribution in [0.15, 0.2) is 12.3 Å². The highest BCUT2D eigenvalue weighted by molar-refractivity contribution is 4.98. The Hall–Kier alpha value is -0.540. The van der Waals surface area contributed by atoms with Crippen LogP contribution in [0.25, 0.3) is 0 Å². The van der Waals surface area contributed by atoms with E-state index in [1.165, 1.54) is 0 Å². The molecule has 0 bridgehead atoms. The molecular weight excluding hydrogens is 190 g/mol. The zero-order valence-electron chi connectivity index (χ0n) is 9.90. The molecule has 3 heteroatoms. The fourth-order valence-corrected chi connectivity index (χ4v) is 2.53. The summed E-state index contributed by atoms with van der Waals surface area (Å²) in [7, 11) is 0. The van der Waals surface area contributed by atoms with E-state index in [0.717, 1.165) is 5.70 Å². The summed E-state index contributed by atoms with van der Waals surface area (Å²) in [5.41, 5.74) is 0.889. The van der Waals surface area contributed by atoms with Crippen molar-refractivity contribution in [1.29, 1.82) is 0 Å². The van der Waals surface area contributed by atoms with Gasteiger partial charge in [-0.05, 0) is 31.1 Å². The zero-order chi connectivity index (χ0) is 11.6. The van der Waals surface area contributed by atoms with Crippen LogP contribution in [0.2, 0.25) is 0 Å². The molecule has 15 heavy (non-hydrogen) atoms. The lowest BCUT2D eigenvalue weighted by Gasteiger charge is -2.43. The molecule has 3 nitrogen and oxygen atoms in total. The van der Waals surface area contributed by atoms with Crippen LogP contribution in [-0.4, -0.2) is 29.0 Å². The van der Waals surface area contributed by atoms with Crippen LogP contribution in [0.5, 0.6) is 0 Å². The van der Waals surface area contributed by atoms with Crippen molar-refractivity contribution in [3.8, 4) is 0 Å².